The average molecular weight is 258 g/mol. The molecule has 0 aromatic carbocycles. The van der Waals surface area contributed by atoms with Crippen LogP contribution in [-0.4, -0.2) is 69.7 Å². The van der Waals surface area contributed by atoms with Gasteiger partial charge in [0.25, 0.3) is 0 Å². The number of hydrogen-bond donors (Lipinski definition) is 1. The van der Waals surface area contributed by atoms with E-state index < -0.39 is 0 Å². The molecule has 6 nitrogen and oxygen atoms in total. The number of methoxy groups -OCH3 is 1. The molecule has 2 heterocycles. The number of nitrogens with zero attached hydrogens (tertiary/aromatic N) is 1. The van der Waals surface area contributed by atoms with Gasteiger partial charge in [-0.25, -0.2) is 0 Å². The lowest BCUT2D eigenvalue weighted by Crippen LogP contribution is -2.48. The molecule has 6 heteroatoms. The molecule has 2 rings (SSSR count). The number of piperidine rings is 1. The molecule has 0 aromatic rings. The van der Waals surface area contributed by atoms with Crippen LogP contribution >= 0.6 is 0 Å². The molecule has 1 spiro atoms. The maximum atomic E-state index is 11.6. The summed E-state index contributed by atoms with van der Waals surface area (Å²) in [6, 6.07) is 0. The van der Waals surface area contributed by atoms with Gasteiger partial charge in [0.1, 0.15) is 0 Å². The van der Waals surface area contributed by atoms with Crippen LogP contribution in [0.1, 0.15) is 12.8 Å². The van der Waals surface area contributed by atoms with Crippen molar-refractivity contribution in [1.82, 2.24) is 10.2 Å². The third-order valence-electron chi connectivity index (χ3n) is 3.43. The summed E-state index contributed by atoms with van der Waals surface area (Å²) < 4.78 is 16.2. The van der Waals surface area contributed by atoms with Gasteiger partial charge in [-0.3, -0.25) is 9.69 Å². The summed E-state index contributed by atoms with van der Waals surface area (Å²) in [6.07, 6.45) is 1.69. The first-order valence-corrected chi connectivity index (χ1v) is 6.50. The molecule has 0 unspecified atom stereocenters. The highest BCUT2D eigenvalue weighted by Crippen LogP contribution is 2.30. The monoisotopic (exact) mass is 258 g/mol. The van der Waals surface area contributed by atoms with Gasteiger partial charge in [0.15, 0.2) is 5.79 Å². The van der Waals surface area contributed by atoms with Crippen LogP contribution in [0.15, 0.2) is 0 Å². The molecular formula is C12H22N2O4. The molecule has 2 fully saturated rings. The van der Waals surface area contributed by atoms with Gasteiger partial charge in [-0.2, -0.15) is 0 Å². The smallest absolute Gasteiger partial charge is 0.234 e. The normalized spacial score (nSPS) is 23.4. The molecule has 18 heavy (non-hydrogen) atoms. The minimum absolute atomic E-state index is 0.0521. The highest BCUT2D eigenvalue weighted by Gasteiger charge is 2.39. The molecule has 2 aliphatic rings. The van der Waals surface area contributed by atoms with Crippen molar-refractivity contribution in [2.45, 2.75) is 18.6 Å². The average Bonchev–Trinajstić information content (AvgIpc) is 2.81. The third-order valence-corrected chi connectivity index (χ3v) is 3.43. The lowest BCUT2D eigenvalue weighted by atomic mass is 10.0. The van der Waals surface area contributed by atoms with Crippen LogP contribution < -0.4 is 5.32 Å². The Hall–Kier alpha value is -0.690. The fourth-order valence-electron chi connectivity index (χ4n) is 2.39. The Morgan fingerprint density at radius 3 is 2.61 bits per heavy atom. The highest BCUT2D eigenvalue weighted by atomic mass is 16.7. The molecule has 0 radical (unpaired) electrons. The molecule has 1 amide bonds. The molecule has 0 bridgehead atoms. The number of carbonyl (C=O) groups excluding carboxylic acids is 1. The fourth-order valence-corrected chi connectivity index (χ4v) is 2.39. The summed E-state index contributed by atoms with van der Waals surface area (Å²) in [6.45, 7) is 4.64. The first-order chi connectivity index (χ1) is 8.74. The second-order valence-corrected chi connectivity index (χ2v) is 4.73. The van der Waals surface area contributed by atoms with Crippen LogP contribution in [0.4, 0.5) is 0 Å². The predicted molar refractivity (Wildman–Crippen MR) is 65.2 cm³/mol. The number of likely N-dealkylation sites (tertiary alicyclic amines) is 1. The van der Waals surface area contributed by atoms with Gasteiger partial charge in [0.2, 0.25) is 5.91 Å². The zero-order chi connectivity index (χ0) is 12.8. The van der Waals surface area contributed by atoms with Crippen LogP contribution in [0.2, 0.25) is 0 Å². The summed E-state index contributed by atoms with van der Waals surface area (Å²) in [5, 5.41) is 2.82. The van der Waals surface area contributed by atoms with Crippen LogP contribution in [0.5, 0.6) is 0 Å². The molecule has 0 saturated carbocycles. The largest absolute Gasteiger partial charge is 0.383 e. The zero-order valence-corrected chi connectivity index (χ0v) is 10.9. The number of amides is 1. The van der Waals surface area contributed by atoms with E-state index in [1.165, 1.54) is 0 Å². The Balaban J connectivity index is 1.65. The fraction of sp³-hybridized carbons (Fsp3) is 0.917. The second kappa shape index (κ2) is 6.47. The summed E-state index contributed by atoms with van der Waals surface area (Å²) in [5.74, 6) is -0.306. The van der Waals surface area contributed by atoms with E-state index in [2.05, 4.69) is 10.2 Å². The number of hydrogen-bond acceptors (Lipinski definition) is 5. The van der Waals surface area contributed by atoms with E-state index in [9.17, 15) is 4.79 Å². The van der Waals surface area contributed by atoms with E-state index in [1.807, 2.05) is 0 Å². The van der Waals surface area contributed by atoms with Crippen molar-refractivity contribution in [2.75, 3.05) is 53.1 Å². The Labute approximate surface area is 108 Å². The second-order valence-electron chi connectivity index (χ2n) is 4.73. The lowest BCUT2D eigenvalue weighted by molar-refractivity contribution is -0.185. The topological polar surface area (TPSA) is 60.0 Å². The van der Waals surface area contributed by atoms with Crippen molar-refractivity contribution in [3.63, 3.8) is 0 Å². The van der Waals surface area contributed by atoms with Crippen LogP contribution in [-0.2, 0) is 19.0 Å². The molecule has 104 valence electrons. The highest BCUT2D eigenvalue weighted by molar-refractivity contribution is 5.77. The molecular weight excluding hydrogens is 236 g/mol. The van der Waals surface area contributed by atoms with Crippen molar-refractivity contribution in [2.24, 2.45) is 0 Å². The summed E-state index contributed by atoms with van der Waals surface area (Å²) in [4.78, 5) is 13.8. The van der Waals surface area contributed by atoms with Gasteiger partial charge >= 0.3 is 0 Å². The maximum absolute atomic E-state index is 11.6. The Bertz CT molecular complexity index is 269. The van der Waals surface area contributed by atoms with E-state index >= 15 is 0 Å². The summed E-state index contributed by atoms with van der Waals surface area (Å²) in [5.41, 5.74) is 0. The number of carbonyl (C=O) groups is 1. The van der Waals surface area contributed by atoms with Crippen LogP contribution in [0.25, 0.3) is 0 Å². The summed E-state index contributed by atoms with van der Waals surface area (Å²) in [7, 11) is 1.62. The van der Waals surface area contributed by atoms with E-state index in [1.54, 1.807) is 7.11 Å². The minimum Gasteiger partial charge on any atom is -0.383 e. The van der Waals surface area contributed by atoms with Crippen molar-refractivity contribution < 1.29 is 19.0 Å². The van der Waals surface area contributed by atoms with Gasteiger partial charge in [-0.1, -0.05) is 0 Å². The van der Waals surface area contributed by atoms with Crippen molar-refractivity contribution in [3.05, 3.63) is 0 Å². The van der Waals surface area contributed by atoms with Gasteiger partial charge in [-0.15, -0.1) is 0 Å². The quantitative estimate of drug-likeness (QED) is 0.679. The molecule has 0 aliphatic carbocycles. The van der Waals surface area contributed by atoms with Crippen LogP contribution in [0.3, 0.4) is 0 Å². The molecule has 0 aromatic heterocycles. The van der Waals surface area contributed by atoms with Gasteiger partial charge in [-0.05, 0) is 0 Å². The number of rotatable bonds is 5. The van der Waals surface area contributed by atoms with Crippen molar-refractivity contribution in [1.29, 1.82) is 0 Å². The Morgan fingerprint density at radius 1 is 1.33 bits per heavy atom. The molecule has 0 atom stereocenters. The van der Waals surface area contributed by atoms with Crippen molar-refractivity contribution in [3.8, 4) is 0 Å². The van der Waals surface area contributed by atoms with E-state index in [0.29, 0.717) is 32.9 Å². The minimum atomic E-state index is -0.358. The van der Waals surface area contributed by atoms with Gasteiger partial charge in [0.05, 0.1) is 26.4 Å². The SMILES string of the molecule is COCCNC(=O)CN1CCC2(CC1)OCCO2. The van der Waals surface area contributed by atoms with Gasteiger partial charge in [0, 0.05) is 39.6 Å². The van der Waals surface area contributed by atoms with E-state index in [-0.39, 0.29) is 11.7 Å². The Morgan fingerprint density at radius 2 is 2.00 bits per heavy atom. The molecule has 2 aliphatic heterocycles. The number of nitrogens with one attached hydrogen (secondary N) is 1. The lowest BCUT2D eigenvalue weighted by Gasteiger charge is -2.37. The zero-order valence-electron chi connectivity index (χ0n) is 10.9. The van der Waals surface area contributed by atoms with Crippen molar-refractivity contribution >= 4 is 5.91 Å². The maximum Gasteiger partial charge on any atom is 0.234 e. The first-order valence-electron chi connectivity index (χ1n) is 6.50. The van der Waals surface area contributed by atoms with E-state index in [4.69, 9.17) is 14.2 Å². The standard InChI is InChI=1S/C12H22N2O4/c1-16-7-4-13-11(15)10-14-5-2-12(3-6-14)17-8-9-18-12/h2-10H2,1H3,(H,13,15). The third kappa shape index (κ3) is 3.65. The molecule has 2 saturated heterocycles. The van der Waals surface area contributed by atoms with Crippen LogP contribution in [0, 0.1) is 0 Å². The Kier molecular flexibility index (Phi) is 4.94. The van der Waals surface area contributed by atoms with Gasteiger partial charge < -0.3 is 19.5 Å². The number of ether oxygens (including phenoxy) is 3. The summed E-state index contributed by atoms with van der Waals surface area (Å²) >= 11 is 0. The molecule has 1 N–H and O–H groups in total. The first kappa shape index (κ1) is 13.7. The predicted octanol–water partition coefficient (Wildman–Crippen LogP) is -0.412. The van der Waals surface area contributed by atoms with E-state index in [0.717, 1.165) is 25.9 Å².